The molecule has 9 heteroatoms. The number of carbonyl (C=O) groups is 3. The number of carbonyl (C=O) groups excluding carboxylic acids is 3. The lowest BCUT2D eigenvalue weighted by molar-refractivity contribution is -0.133. The van der Waals surface area contributed by atoms with Gasteiger partial charge < -0.3 is 9.47 Å². The quantitative estimate of drug-likeness (QED) is 0.615. The second kappa shape index (κ2) is 10.9. The number of benzene rings is 2. The summed E-state index contributed by atoms with van der Waals surface area (Å²) in [5, 5.41) is 5.75. The Hall–Kier alpha value is -3.88. The van der Waals surface area contributed by atoms with E-state index in [1.807, 2.05) is 37.3 Å². The van der Waals surface area contributed by atoms with E-state index in [9.17, 15) is 14.4 Å². The van der Waals surface area contributed by atoms with Crippen LogP contribution in [0.4, 0.5) is 0 Å². The Kier molecular flexibility index (Phi) is 7.80. The smallest absolute Gasteiger partial charge is 0.269 e. The lowest BCUT2D eigenvalue weighted by Crippen LogP contribution is -2.42. The van der Waals surface area contributed by atoms with E-state index in [2.05, 4.69) is 16.0 Å². The third-order valence-corrected chi connectivity index (χ3v) is 4.80. The largest absolute Gasteiger partial charge is 0.493 e. The normalized spacial score (nSPS) is 12.7. The zero-order valence-electron chi connectivity index (χ0n) is 18.1. The number of ether oxygens (including phenoxy) is 2. The van der Waals surface area contributed by atoms with E-state index in [1.54, 1.807) is 12.1 Å². The van der Waals surface area contributed by atoms with Crippen LogP contribution in [0.3, 0.4) is 0 Å². The molecular weight excluding hydrogens is 412 g/mol. The Morgan fingerprint density at radius 3 is 2.53 bits per heavy atom. The molecule has 0 aromatic heterocycles. The molecule has 0 unspecified atom stereocenters. The summed E-state index contributed by atoms with van der Waals surface area (Å²) in [4.78, 5) is 36.7. The topological polar surface area (TPSA) is 109 Å². The molecule has 3 rings (SSSR count). The first-order chi connectivity index (χ1) is 15.5. The molecule has 0 fully saturated rings. The van der Waals surface area contributed by atoms with E-state index < -0.39 is 11.8 Å². The van der Waals surface area contributed by atoms with Crippen LogP contribution in [0.5, 0.6) is 11.5 Å². The number of methoxy groups -OCH3 is 1. The van der Waals surface area contributed by atoms with Crippen molar-refractivity contribution in [1.29, 1.82) is 0 Å². The van der Waals surface area contributed by atoms with Crippen molar-refractivity contribution in [1.82, 2.24) is 15.9 Å². The maximum absolute atomic E-state index is 12.4. The summed E-state index contributed by atoms with van der Waals surface area (Å²) >= 11 is 0. The van der Waals surface area contributed by atoms with Gasteiger partial charge in [0.1, 0.15) is 0 Å². The number of hydrazine groups is 1. The van der Waals surface area contributed by atoms with Crippen LogP contribution in [0.2, 0.25) is 0 Å². The van der Waals surface area contributed by atoms with Gasteiger partial charge in [0.05, 0.1) is 26.0 Å². The molecular formula is C23H26N4O5. The summed E-state index contributed by atoms with van der Waals surface area (Å²) in [6.45, 7) is 2.80. The Balaban J connectivity index is 1.45. The van der Waals surface area contributed by atoms with Crippen LogP contribution in [0, 0.1) is 0 Å². The molecule has 9 nitrogen and oxygen atoms in total. The molecule has 1 heterocycles. The van der Waals surface area contributed by atoms with Crippen molar-refractivity contribution in [2.24, 2.45) is 5.10 Å². The predicted molar refractivity (Wildman–Crippen MR) is 118 cm³/mol. The Morgan fingerprint density at radius 1 is 1.03 bits per heavy atom. The highest BCUT2D eigenvalue weighted by Crippen LogP contribution is 2.27. The average Bonchev–Trinajstić information content (AvgIpc) is 3.32. The molecule has 2 aromatic carbocycles. The van der Waals surface area contributed by atoms with E-state index in [0.29, 0.717) is 36.6 Å². The molecule has 0 spiro atoms. The lowest BCUT2D eigenvalue weighted by Gasteiger charge is -2.12. The predicted octanol–water partition coefficient (Wildman–Crippen LogP) is 2.27. The minimum Gasteiger partial charge on any atom is -0.493 e. The van der Waals surface area contributed by atoms with Crippen LogP contribution >= 0.6 is 0 Å². The number of amides is 3. The zero-order valence-corrected chi connectivity index (χ0v) is 18.1. The first kappa shape index (κ1) is 22.8. The summed E-state index contributed by atoms with van der Waals surface area (Å²) in [5.41, 5.74) is 6.78. The molecule has 1 aliphatic heterocycles. The molecule has 3 amide bonds. The maximum atomic E-state index is 12.4. The number of nitrogens with zero attached hydrogens (tertiary/aromatic N) is 2. The second-order valence-corrected chi connectivity index (χ2v) is 6.98. The Morgan fingerprint density at radius 2 is 1.81 bits per heavy atom. The van der Waals surface area contributed by atoms with Crippen LogP contribution in [0.1, 0.15) is 42.1 Å². The Bertz CT molecular complexity index is 1010. The number of nitrogens with one attached hydrogen (secondary N) is 2. The van der Waals surface area contributed by atoms with Crippen LogP contribution in [-0.2, 0) is 9.59 Å². The number of rotatable bonds is 8. The number of hydrazone groups is 1. The van der Waals surface area contributed by atoms with Crippen molar-refractivity contribution < 1.29 is 23.9 Å². The van der Waals surface area contributed by atoms with E-state index in [-0.39, 0.29) is 18.7 Å². The first-order valence-electron chi connectivity index (χ1n) is 10.3. The summed E-state index contributed by atoms with van der Waals surface area (Å²) < 4.78 is 10.6. The van der Waals surface area contributed by atoms with Gasteiger partial charge in [0.25, 0.3) is 5.91 Å². The summed E-state index contributed by atoms with van der Waals surface area (Å²) in [5.74, 6) is -0.293. The van der Waals surface area contributed by atoms with Crippen LogP contribution in [-0.4, -0.2) is 48.7 Å². The minimum atomic E-state index is -0.511. The highest BCUT2D eigenvalue weighted by Gasteiger charge is 2.22. The van der Waals surface area contributed by atoms with E-state index >= 15 is 0 Å². The van der Waals surface area contributed by atoms with Gasteiger partial charge >= 0.3 is 0 Å². The van der Waals surface area contributed by atoms with Crippen LogP contribution < -0.4 is 20.3 Å². The van der Waals surface area contributed by atoms with E-state index in [4.69, 9.17) is 9.47 Å². The monoisotopic (exact) mass is 438 g/mol. The fourth-order valence-corrected chi connectivity index (χ4v) is 3.16. The van der Waals surface area contributed by atoms with E-state index in [1.165, 1.54) is 18.2 Å². The fourth-order valence-electron chi connectivity index (χ4n) is 3.16. The van der Waals surface area contributed by atoms with Crippen molar-refractivity contribution >= 4 is 23.4 Å². The number of hydrogen-bond donors (Lipinski definition) is 2. The summed E-state index contributed by atoms with van der Waals surface area (Å²) in [6, 6.07) is 14.4. The maximum Gasteiger partial charge on any atom is 0.269 e. The molecule has 0 saturated carbocycles. The summed E-state index contributed by atoms with van der Waals surface area (Å²) in [7, 11) is 1.48. The third-order valence-electron chi connectivity index (χ3n) is 4.80. The van der Waals surface area contributed by atoms with Gasteiger partial charge in [-0.25, -0.2) is 5.01 Å². The average molecular weight is 438 g/mol. The number of hydrogen-bond acceptors (Lipinski definition) is 6. The highest BCUT2D eigenvalue weighted by molar-refractivity contribution is 6.02. The van der Waals surface area contributed by atoms with Gasteiger partial charge in [0.15, 0.2) is 11.5 Å². The second-order valence-electron chi connectivity index (χ2n) is 6.98. The van der Waals surface area contributed by atoms with Gasteiger partial charge in [-0.3, -0.25) is 25.2 Å². The van der Waals surface area contributed by atoms with Crippen molar-refractivity contribution in [3.8, 4) is 11.5 Å². The molecule has 0 radical (unpaired) electrons. The Labute approximate surface area is 186 Å². The molecule has 0 aliphatic carbocycles. The zero-order chi connectivity index (χ0) is 22.9. The highest BCUT2D eigenvalue weighted by atomic mass is 16.5. The summed E-state index contributed by atoms with van der Waals surface area (Å²) in [6.07, 6.45) is 0.589. The molecule has 2 aromatic rings. The van der Waals surface area contributed by atoms with Crippen LogP contribution in [0.15, 0.2) is 53.6 Å². The standard InChI is InChI=1S/C23H26N4O5/c1-3-32-19-10-9-17(15-20(19)31-2)23(30)25-24-21(28)11-12-22(29)27-14-13-18(26-27)16-7-5-4-6-8-16/h4-10,15H,3,11-14H2,1-2H3,(H,24,28)(H,25,30). The SMILES string of the molecule is CCOc1ccc(C(=O)NNC(=O)CCC(=O)N2CCC(c3ccccc3)=N2)cc1OC. The van der Waals surface area contributed by atoms with Gasteiger partial charge in [0.2, 0.25) is 11.8 Å². The van der Waals surface area contributed by atoms with Gasteiger partial charge in [0, 0.05) is 24.8 Å². The lowest BCUT2D eigenvalue weighted by atomic mass is 10.1. The fraction of sp³-hybridized carbons (Fsp3) is 0.304. The van der Waals surface area contributed by atoms with E-state index in [0.717, 1.165) is 11.3 Å². The van der Waals surface area contributed by atoms with Crippen molar-refractivity contribution in [2.75, 3.05) is 20.3 Å². The minimum absolute atomic E-state index is 0.00977. The molecule has 0 bridgehead atoms. The van der Waals surface area contributed by atoms with Gasteiger partial charge in [-0.1, -0.05) is 30.3 Å². The molecule has 0 saturated heterocycles. The molecule has 168 valence electrons. The molecule has 2 N–H and O–H groups in total. The van der Waals surface area contributed by atoms with Crippen molar-refractivity contribution in [3.05, 3.63) is 59.7 Å². The van der Waals surface area contributed by atoms with Crippen molar-refractivity contribution in [2.45, 2.75) is 26.2 Å². The molecule has 1 aliphatic rings. The first-order valence-corrected chi connectivity index (χ1v) is 10.3. The van der Waals surface area contributed by atoms with Gasteiger partial charge in [-0.15, -0.1) is 0 Å². The van der Waals surface area contributed by atoms with Crippen molar-refractivity contribution in [3.63, 3.8) is 0 Å². The molecule has 32 heavy (non-hydrogen) atoms. The van der Waals surface area contributed by atoms with Gasteiger partial charge in [-0.2, -0.15) is 5.10 Å². The van der Waals surface area contributed by atoms with Gasteiger partial charge in [-0.05, 0) is 30.7 Å². The molecule has 0 atom stereocenters. The third kappa shape index (κ3) is 5.84. The van der Waals surface area contributed by atoms with Crippen LogP contribution in [0.25, 0.3) is 0 Å².